The predicted octanol–water partition coefficient (Wildman–Crippen LogP) is -0.981. The van der Waals surface area contributed by atoms with Crippen molar-refractivity contribution in [1.82, 2.24) is 5.32 Å². The Morgan fingerprint density at radius 1 is 0.868 bits per heavy atom. The lowest BCUT2D eigenvalue weighted by atomic mass is 9.86. The molecule has 0 aromatic carbocycles. The summed E-state index contributed by atoms with van der Waals surface area (Å²) in [6, 6.07) is -1.75. The van der Waals surface area contributed by atoms with Crippen molar-refractivity contribution in [3.8, 4) is 0 Å². The number of carbonyl (C=O) groups is 7. The number of esters is 6. The van der Waals surface area contributed by atoms with Crippen LogP contribution in [0.3, 0.4) is 0 Å². The van der Waals surface area contributed by atoms with Crippen molar-refractivity contribution in [2.75, 3.05) is 13.7 Å². The smallest absolute Gasteiger partial charge is 0.383 e. The standard InChI is InChI=1S/C22H30FNO14/c1-9(25)24-16-18(17(35-12(4)28)15(34-11(3)27)8-33-10(2)26)38-22(21(31)32-7,37-14(6)30)20(23)19(16)36-13(5)29/h15-20H,8H2,1-7H3,(H,24,25)/t15-,16+,17-,18+,19-,20+,22-/m1/s1. The fraction of sp³-hybridized carbons (Fsp3) is 0.682. The largest absolute Gasteiger partial charge is 0.464 e. The van der Waals surface area contributed by atoms with Gasteiger partial charge in [0.25, 0.3) is 0 Å². The second kappa shape index (κ2) is 13.6. The molecule has 1 fully saturated rings. The van der Waals surface area contributed by atoms with E-state index in [2.05, 4.69) is 10.1 Å². The summed E-state index contributed by atoms with van der Waals surface area (Å²) in [4.78, 5) is 84.0. The van der Waals surface area contributed by atoms with Crippen molar-refractivity contribution in [2.45, 2.75) is 84.0 Å². The van der Waals surface area contributed by atoms with Gasteiger partial charge in [-0.25, -0.2) is 9.18 Å². The molecule has 0 aromatic heterocycles. The summed E-state index contributed by atoms with van der Waals surface area (Å²) in [7, 11) is 0.811. The number of nitrogens with one attached hydrogen (secondary N) is 1. The van der Waals surface area contributed by atoms with E-state index in [1.165, 1.54) is 0 Å². The third kappa shape index (κ3) is 8.36. The summed E-state index contributed by atoms with van der Waals surface area (Å²) in [5.41, 5.74) is 0. The van der Waals surface area contributed by atoms with Crippen LogP contribution in [0.1, 0.15) is 41.5 Å². The number of ether oxygens (including phenoxy) is 7. The van der Waals surface area contributed by atoms with E-state index in [0.29, 0.717) is 0 Å². The zero-order valence-corrected chi connectivity index (χ0v) is 21.8. The highest BCUT2D eigenvalue weighted by Crippen LogP contribution is 2.39. The van der Waals surface area contributed by atoms with Crippen molar-refractivity contribution in [3.05, 3.63) is 0 Å². The highest BCUT2D eigenvalue weighted by atomic mass is 19.1. The molecule has 0 radical (unpaired) electrons. The molecule has 38 heavy (non-hydrogen) atoms. The number of halogens is 1. The lowest BCUT2D eigenvalue weighted by molar-refractivity contribution is -0.326. The van der Waals surface area contributed by atoms with Crippen LogP contribution in [0.2, 0.25) is 0 Å². The molecule has 0 spiro atoms. The van der Waals surface area contributed by atoms with Crippen LogP contribution < -0.4 is 5.32 Å². The monoisotopic (exact) mass is 551 g/mol. The maximum atomic E-state index is 16.0. The summed E-state index contributed by atoms with van der Waals surface area (Å²) < 4.78 is 51.4. The minimum absolute atomic E-state index is 0.740. The zero-order valence-electron chi connectivity index (χ0n) is 21.8. The van der Waals surface area contributed by atoms with Crippen LogP contribution in [-0.4, -0.2) is 97.9 Å². The molecule has 0 aromatic rings. The number of hydrogen-bond acceptors (Lipinski definition) is 14. The number of amides is 1. The minimum Gasteiger partial charge on any atom is -0.464 e. The van der Waals surface area contributed by atoms with Crippen molar-refractivity contribution in [1.29, 1.82) is 0 Å². The lowest BCUT2D eigenvalue weighted by Gasteiger charge is -2.49. The van der Waals surface area contributed by atoms with Gasteiger partial charge in [0.2, 0.25) is 12.1 Å². The number of carbonyl (C=O) groups excluding carboxylic acids is 7. The van der Waals surface area contributed by atoms with E-state index in [4.69, 9.17) is 28.4 Å². The van der Waals surface area contributed by atoms with E-state index in [1.807, 2.05) is 0 Å². The second-order valence-electron chi connectivity index (χ2n) is 8.06. The van der Waals surface area contributed by atoms with E-state index in [1.54, 1.807) is 0 Å². The number of rotatable bonds is 10. The zero-order chi connectivity index (χ0) is 29.4. The molecule has 0 unspecified atom stereocenters. The molecule has 16 heteroatoms. The van der Waals surface area contributed by atoms with E-state index in [9.17, 15) is 33.6 Å². The van der Waals surface area contributed by atoms with Crippen molar-refractivity contribution >= 4 is 41.7 Å². The first-order valence-electron chi connectivity index (χ1n) is 11.1. The highest BCUT2D eigenvalue weighted by Gasteiger charge is 2.67. The molecule has 0 saturated carbocycles. The highest BCUT2D eigenvalue weighted by molar-refractivity contribution is 5.83. The summed E-state index contributed by atoms with van der Waals surface area (Å²) in [5.74, 6) is -10.8. The van der Waals surface area contributed by atoms with Crippen molar-refractivity contribution in [3.63, 3.8) is 0 Å². The average Bonchev–Trinajstić information content (AvgIpc) is 2.77. The second-order valence-corrected chi connectivity index (χ2v) is 8.06. The average molecular weight is 551 g/mol. The molecule has 1 aliphatic heterocycles. The quantitative estimate of drug-likeness (QED) is 0.257. The molecule has 15 nitrogen and oxygen atoms in total. The molecular weight excluding hydrogens is 521 g/mol. The summed E-state index contributed by atoms with van der Waals surface area (Å²) in [6.45, 7) is 4.89. The first kappa shape index (κ1) is 32.2. The van der Waals surface area contributed by atoms with Crippen LogP contribution in [0.25, 0.3) is 0 Å². The molecule has 1 saturated heterocycles. The number of hydrogen-bond donors (Lipinski definition) is 1. The van der Waals surface area contributed by atoms with E-state index in [0.717, 1.165) is 48.7 Å². The first-order valence-corrected chi connectivity index (χ1v) is 11.1. The van der Waals surface area contributed by atoms with E-state index >= 15 is 4.39 Å². The van der Waals surface area contributed by atoms with Crippen LogP contribution in [-0.2, 0) is 66.7 Å². The summed E-state index contributed by atoms with van der Waals surface area (Å²) in [6.07, 6.45) is -10.4. The van der Waals surface area contributed by atoms with Gasteiger partial charge in [-0.3, -0.25) is 28.8 Å². The predicted molar refractivity (Wildman–Crippen MR) is 117 cm³/mol. The molecule has 0 aliphatic carbocycles. The van der Waals surface area contributed by atoms with Crippen LogP contribution >= 0.6 is 0 Å². The Kier molecular flexibility index (Phi) is 11.6. The number of methoxy groups -OCH3 is 1. The Balaban J connectivity index is 3.93. The van der Waals surface area contributed by atoms with Crippen molar-refractivity contribution in [2.24, 2.45) is 0 Å². The van der Waals surface area contributed by atoms with Gasteiger partial charge in [-0.2, -0.15) is 0 Å². The molecular formula is C22H30FNO14. The van der Waals surface area contributed by atoms with E-state index in [-0.39, 0.29) is 0 Å². The van der Waals surface area contributed by atoms with Gasteiger partial charge in [0.1, 0.15) is 12.7 Å². The topological polar surface area (TPSA) is 196 Å². The van der Waals surface area contributed by atoms with E-state index < -0.39 is 90.7 Å². The first-order chi connectivity index (χ1) is 17.5. The van der Waals surface area contributed by atoms with Gasteiger partial charge in [0.05, 0.1) is 13.2 Å². The third-order valence-electron chi connectivity index (χ3n) is 4.87. The summed E-state index contributed by atoms with van der Waals surface area (Å²) >= 11 is 0. The van der Waals surface area contributed by atoms with Gasteiger partial charge in [0, 0.05) is 41.5 Å². The van der Waals surface area contributed by atoms with Gasteiger partial charge >= 0.3 is 41.6 Å². The molecule has 1 aliphatic rings. The third-order valence-corrected chi connectivity index (χ3v) is 4.87. The molecule has 0 bridgehead atoms. The maximum Gasteiger partial charge on any atom is 0.383 e. The van der Waals surface area contributed by atoms with Gasteiger partial charge < -0.3 is 38.5 Å². The normalized spacial score (nSPS) is 26.0. The van der Waals surface area contributed by atoms with Crippen LogP contribution in [0.4, 0.5) is 4.39 Å². The Hall–Kier alpha value is -3.82. The van der Waals surface area contributed by atoms with Gasteiger partial charge in [-0.1, -0.05) is 0 Å². The SMILES string of the molecule is COC(=O)[C@]1(OC(C)=O)O[C@H]([C@H](OC(C)=O)[C@@H](COC(C)=O)OC(C)=O)[C@H](NC(C)=O)[C@@H](OC(C)=O)[C@@H]1F. The van der Waals surface area contributed by atoms with Gasteiger partial charge in [-0.15, -0.1) is 0 Å². The van der Waals surface area contributed by atoms with Crippen molar-refractivity contribution < 1.29 is 71.1 Å². The fourth-order valence-corrected chi connectivity index (χ4v) is 3.71. The Morgan fingerprint density at radius 2 is 1.45 bits per heavy atom. The Labute approximate surface area is 216 Å². The molecule has 1 N–H and O–H groups in total. The fourth-order valence-electron chi connectivity index (χ4n) is 3.71. The Bertz CT molecular complexity index is 954. The Morgan fingerprint density at radius 3 is 1.87 bits per heavy atom. The molecule has 1 amide bonds. The molecule has 1 rings (SSSR count). The van der Waals surface area contributed by atoms with Crippen LogP contribution in [0, 0.1) is 0 Å². The maximum absolute atomic E-state index is 16.0. The molecule has 7 atom stereocenters. The minimum atomic E-state index is -3.25. The van der Waals surface area contributed by atoms with Crippen LogP contribution in [0.15, 0.2) is 0 Å². The van der Waals surface area contributed by atoms with Gasteiger partial charge in [-0.05, 0) is 0 Å². The lowest BCUT2D eigenvalue weighted by Crippen LogP contribution is -2.74. The summed E-state index contributed by atoms with van der Waals surface area (Å²) in [5, 5.41) is 2.28. The molecule has 1 heterocycles. The van der Waals surface area contributed by atoms with Gasteiger partial charge in [0.15, 0.2) is 18.3 Å². The van der Waals surface area contributed by atoms with Crippen LogP contribution in [0.5, 0.6) is 0 Å². The number of alkyl halides is 1. The molecule has 214 valence electrons.